The lowest BCUT2D eigenvalue weighted by Gasteiger charge is -2.16. The maximum absolute atomic E-state index is 12.0. The van der Waals surface area contributed by atoms with E-state index < -0.39 is 0 Å². The number of nitrogens with zero attached hydrogens (tertiary/aromatic N) is 3. The first-order valence-corrected chi connectivity index (χ1v) is 6.41. The van der Waals surface area contributed by atoms with E-state index >= 15 is 0 Å². The SMILES string of the molecule is CN(CC(=O)Nc1ccccc1)C(=O)Cn1cc(N)cn1. The predicted molar refractivity (Wildman–Crippen MR) is 79.3 cm³/mol. The van der Waals surface area contributed by atoms with E-state index in [1.165, 1.54) is 15.8 Å². The number of likely N-dealkylation sites (N-methyl/N-ethyl adjacent to an activating group) is 1. The van der Waals surface area contributed by atoms with E-state index in [9.17, 15) is 9.59 Å². The topological polar surface area (TPSA) is 93.2 Å². The summed E-state index contributed by atoms with van der Waals surface area (Å²) in [6.07, 6.45) is 3.03. The lowest BCUT2D eigenvalue weighted by atomic mass is 10.3. The Labute approximate surface area is 122 Å². The number of nitrogens with one attached hydrogen (secondary N) is 1. The highest BCUT2D eigenvalue weighted by molar-refractivity contribution is 5.94. The molecule has 0 bridgehead atoms. The molecule has 0 aliphatic rings. The largest absolute Gasteiger partial charge is 0.396 e. The van der Waals surface area contributed by atoms with Gasteiger partial charge in [0.25, 0.3) is 0 Å². The molecule has 0 aliphatic heterocycles. The number of amides is 2. The summed E-state index contributed by atoms with van der Waals surface area (Å²) in [5.41, 5.74) is 6.71. The van der Waals surface area contributed by atoms with Crippen LogP contribution in [-0.4, -0.2) is 40.1 Å². The molecular weight excluding hydrogens is 270 g/mol. The van der Waals surface area contributed by atoms with E-state index in [-0.39, 0.29) is 24.9 Å². The number of para-hydroxylation sites is 1. The van der Waals surface area contributed by atoms with Crippen LogP contribution < -0.4 is 11.1 Å². The molecule has 2 rings (SSSR count). The molecule has 0 saturated heterocycles. The Morgan fingerprint density at radius 2 is 2.05 bits per heavy atom. The summed E-state index contributed by atoms with van der Waals surface area (Å²) in [5.74, 6) is -0.474. The zero-order valence-corrected chi connectivity index (χ0v) is 11.7. The van der Waals surface area contributed by atoms with Gasteiger partial charge in [-0.15, -0.1) is 0 Å². The summed E-state index contributed by atoms with van der Waals surface area (Å²) in [4.78, 5) is 25.1. The first-order valence-electron chi connectivity index (χ1n) is 6.41. The second kappa shape index (κ2) is 6.56. The maximum atomic E-state index is 12.0. The molecule has 110 valence electrons. The molecule has 0 unspecified atom stereocenters. The van der Waals surface area contributed by atoms with E-state index in [1.807, 2.05) is 18.2 Å². The van der Waals surface area contributed by atoms with Crippen LogP contribution in [0.2, 0.25) is 0 Å². The van der Waals surface area contributed by atoms with Crippen molar-refractivity contribution in [3.8, 4) is 0 Å². The van der Waals surface area contributed by atoms with Crippen molar-refractivity contribution in [3.05, 3.63) is 42.7 Å². The smallest absolute Gasteiger partial charge is 0.244 e. The van der Waals surface area contributed by atoms with Gasteiger partial charge in [0.1, 0.15) is 6.54 Å². The van der Waals surface area contributed by atoms with Crippen molar-refractivity contribution >= 4 is 23.2 Å². The highest BCUT2D eigenvalue weighted by Gasteiger charge is 2.14. The fourth-order valence-electron chi connectivity index (χ4n) is 1.75. The van der Waals surface area contributed by atoms with Crippen LogP contribution in [0.25, 0.3) is 0 Å². The normalized spacial score (nSPS) is 10.1. The first-order chi connectivity index (χ1) is 10.0. The standard InChI is InChI=1S/C14H17N5O2/c1-18(14(21)10-19-8-11(15)7-16-19)9-13(20)17-12-5-3-2-4-6-12/h2-8H,9-10,15H2,1H3,(H,17,20). The molecule has 7 heteroatoms. The van der Waals surface area contributed by atoms with Crippen LogP contribution in [-0.2, 0) is 16.1 Å². The van der Waals surface area contributed by atoms with Crippen molar-refractivity contribution in [3.63, 3.8) is 0 Å². The molecule has 3 N–H and O–H groups in total. The Morgan fingerprint density at radius 1 is 1.33 bits per heavy atom. The Hall–Kier alpha value is -2.83. The number of nitrogens with two attached hydrogens (primary N) is 1. The predicted octanol–water partition coefficient (Wildman–Crippen LogP) is 0.562. The van der Waals surface area contributed by atoms with Gasteiger partial charge in [-0.05, 0) is 12.1 Å². The number of hydrogen-bond donors (Lipinski definition) is 2. The van der Waals surface area contributed by atoms with Crippen molar-refractivity contribution in [1.82, 2.24) is 14.7 Å². The van der Waals surface area contributed by atoms with Crippen molar-refractivity contribution in [2.24, 2.45) is 0 Å². The Balaban J connectivity index is 1.84. The first kappa shape index (κ1) is 14.6. The van der Waals surface area contributed by atoms with Gasteiger partial charge in [0.2, 0.25) is 11.8 Å². The maximum Gasteiger partial charge on any atom is 0.244 e. The third-order valence-electron chi connectivity index (χ3n) is 2.81. The van der Waals surface area contributed by atoms with Crippen molar-refractivity contribution < 1.29 is 9.59 Å². The Bertz CT molecular complexity index is 623. The molecule has 1 aromatic heterocycles. The van der Waals surface area contributed by atoms with Crippen LogP contribution in [0.1, 0.15) is 0 Å². The van der Waals surface area contributed by atoms with Crippen LogP contribution in [0.5, 0.6) is 0 Å². The number of rotatable bonds is 5. The van der Waals surface area contributed by atoms with Gasteiger partial charge in [0.15, 0.2) is 0 Å². The van der Waals surface area contributed by atoms with Crippen LogP contribution in [0.3, 0.4) is 0 Å². The number of carbonyl (C=O) groups excluding carboxylic acids is 2. The van der Waals surface area contributed by atoms with Crippen molar-refractivity contribution in [2.75, 3.05) is 24.6 Å². The van der Waals surface area contributed by atoms with E-state index in [0.29, 0.717) is 11.4 Å². The zero-order valence-electron chi connectivity index (χ0n) is 11.7. The summed E-state index contributed by atoms with van der Waals surface area (Å²) in [6, 6.07) is 9.08. The summed E-state index contributed by atoms with van der Waals surface area (Å²) in [5, 5.41) is 6.65. The lowest BCUT2D eigenvalue weighted by molar-refractivity contribution is -0.134. The number of hydrogen-bond acceptors (Lipinski definition) is 4. The van der Waals surface area contributed by atoms with E-state index in [0.717, 1.165) is 0 Å². The van der Waals surface area contributed by atoms with Crippen LogP contribution in [0, 0.1) is 0 Å². The molecule has 0 radical (unpaired) electrons. The summed E-state index contributed by atoms with van der Waals surface area (Å²) in [7, 11) is 1.57. The Morgan fingerprint density at radius 3 is 2.67 bits per heavy atom. The molecule has 0 aliphatic carbocycles. The van der Waals surface area contributed by atoms with Crippen LogP contribution in [0.15, 0.2) is 42.7 Å². The van der Waals surface area contributed by atoms with Gasteiger partial charge in [-0.2, -0.15) is 5.10 Å². The van der Waals surface area contributed by atoms with Gasteiger partial charge in [-0.25, -0.2) is 0 Å². The number of carbonyl (C=O) groups is 2. The van der Waals surface area contributed by atoms with Gasteiger partial charge >= 0.3 is 0 Å². The molecule has 0 spiro atoms. The van der Waals surface area contributed by atoms with Crippen molar-refractivity contribution in [2.45, 2.75) is 6.54 Å². The number of benzene rings is 1. The fraction of sp³-hybridized carbons (Fsp3) is 0.214. The Kier molecular flexibility index (Phi) is 4.55. The molecule has 0 fully saturated rings. The molecule has 2 aromatic rings. The van der Waals surface area contributed by atoms with E-state index in [2.05, 4.69) is 10.4 Å². The quantitative estimate of drug-likeness (QED) is 0.840. The third kappa shape index (κ3) is 4.34. The molecule has 1 heterocycles. The number of anilines is 2. The molecule has 7 nitrogen and oxygen atoms in total. The molecule has 2 amide bonds. The molecule has 21 heavy (non-hydrogen) atoms. The van der Waals surface area contributed by atoms with Gasteiger partial charge in [0.05, 0.1) is 18.4 Å². The van der Waals surface area contributed by atoms with E-state index in [1.54, 1.807) is 25.4 Å². The molecule has 0 atom stereocenters. The zero-order chi connectivity index (χ0) is 15.2. The molecular formula is C14H17N5O2. The minimum atomic E-state index is -0.253. The minimum absolute atomic E-state index is 0.0233. The van der Waals surface area contributed by atoms with Gasteiger partial charge in [0, 0.05) is 18.9 Å². The second-order valence-electron chi connectivity index (χ2n) is 4.64. The van der Waals surface area contributed by atoms with Crippen molar-refractivity contribution in [1.29, 1.82) is 0 Å². The summed E-state index contributed by atoms with van der Waals surface area (Å²) >= 11 is 0. The monoisotopic (exact) mass is 287 g/mol. The third-order valence-corrected chi connectivity index (χ3v) is 2.81. The summed E-state index contributed by atoms with van der Waals surface area (Å²) < 4.78 is 1.43. The average Bonchev–Trinajstić information content (AvgIpc) is 2.85. The lowest BCUT2D eigenvalue weighted by Crippen LogP contribution is -2.36. The van der Waals surface area contributed by atoms with Gasteiger partial charge in [-0.1, -0.05) is 18.2 Å². The number of nitrogen functional groups attached to an aromatic ring is 1. The second-order valence-corrected chi connectivity index (χ2v) is 4.64. The highest BCUT2D eigenvalue weighted by atomic mass is 16.2. The van der Waals surface area contributed by atoms with E-state index in [4.69, 9.17) is 5.73 Å². The number of aromatic nitrogens is 2. The average molecular weight is 287 g/mol. The van der Waals surface area contributed by atoms with Gasteiger partial charge in [-0.3, -0.25) is 14.3 Å². The summed E-state index contributed by atoms with van der Waals surface area (Å²) in [6.45, 7) is 0.0246. The molecule has 1 aromatic carbocycles. The fourth-order valence-corrected chi connectivity index (χ4v) is 1.75. The van der Waals surface area contributed by atoms with Crippen LogP contribution >= 0.6 is 0 Å². The van der Waals surface area contributed by atoms with Gasteiger partial charge < -0.3 is 16.0 Å². The highest BCUT2D eigenvalue weighted by Crippen LogP contribution is 2.05. The minimum Gasteiger partial charge on any atom is -0.396 e. The van der Waals surface area contributed by atoms with Crippen LogP contribution in [0.4, 0.5) is 11.4 Å². The molecule has 0 saturated carbocycles.